The van der Waals surface area contributed by atoms with Gasteiger partial charge in [0.05, 0.1) is 11.7 Å². The van der Waals surface area contributed by atoms with Gasteiger partial charge < -0.3 is 0 Å². The molecule has 0 spiro atoms. The smallest absolute Gasteiger partial charge is 0.244 e. The van der Waals surface area contributed by atoms with Crippen LogP contribution in [0.1, 0.15) is 11.7 Å². The lowest BCUT2D eigenvalue weighted by Crippen LogP contribution is -2.08. The highest BCUT2D eigenvalue weighted by atomic mass is 16.2. The molecule has 1 aromatic heterocycles. The van der Waals surface area contributed by atoms with Crippen molar-refractivity contribution in [2.45, 2.75) is 6.92 Å². The van der Waals surface area contributed by atoms with E-state index in [-0.39, 0.29) is 5.91 Å². The molecule has 0 bridgehead atoms. The molecule has 0 aliphatic rings. The minimum atomic E-state index is -0.111. The maximum atomic E-state index is 11.1. The highest BCUT2D eigenvalue weighted by molar-refractivity contribution is 6.38. The molecular formula is C9H7BN2O. The van der Waals surface area contributed by atoms with Crippen molar-refractivity contribution < 1.29 is 4.79 Å². The summed E-state index contributed by atoms with van der Waals surface area (Å²) in [5.41, 5.74) is 1.40. The summed E-state index contributed by atoms with van der Waals surface area (Å²) in [5.74, 6) is -0.111. The number of benzene rings is 1. The molecule has 0 aliphatic carbocycles. The SMILES string of the molecule is [B]c1cccc2c1cnn2C(C)=O. The van der Waals surface area contributed by atoms with Gasteiger partial charge in [-0.3, -0.25) is 4.79 Å². The minimum Gasteiger partial charge on any atom is -0.273 e. The molecule has 0 unspecified atom stereocenters. The van der Waals surface area contributed by atoms with Gasteiger partial charge in [-0.1, -0.05) is 17.6 Å². The predicted octanol–water partition coefficient (Wildman–Crippen LogP) is 0.490. The lowest BCUT2D eigenvalue weighted by molar-refractivity contribution is 0.0927. The highest BCUT2D eigenvalue weighted by Crippen LogP contribution is 2.09. The van der Waals surface area contributed by atoms with Gasteiger partial charge >= 0.3 is 0 Å². The number of aromatic nitrogens is 2. The van der Waals surface area contributed by atoms with Crippen LogP contribution in [-0.2, 0) is 0 Å². The van der Waals surface area contributed by atoms with E-state index in [1.54, 1.807) is 18.3 Å². The molecule has 0 aliphatic heterocycles. The molecule has 13 heavy (non-hydrogen) atoms. The van der Waals surface area contributed by atoms with E-state index in [1.807, 2.05) is 6.07 Å². The predicted molar refractivity (Wildman–Crippen MR) is 51.4 cm³/mol. The Labute approximate surface area is 76.8 Å². The van der Waals surface area contributed by atoms with Crippen LogP contribution in [0, 0.1) is 0 Å². The van der Waals surface area contributed by atoms with Gasteiger partial charge in [-0.15, -0.1) is 0 Å². The molecule has 0 saturated heterocycles. The second-order valence-electron chi connectivity index (χ2n) is 2.86. The zero-order chi connectivity index (χ0) is 9.42. The second kappa shape index (κ2) is 2.73. The van der Waals surface area contributed by atoms with Crippen LogP contribution in [0.5, 0.6) is 0 Å². The molecule has 0 atom stereocenters. The molecule has 2 radical (unpaired) electrons. The van der Waals surface area contributed by atoms with E-state index in [2.05, 4.69) is 5.10 Å². The second-order valence-corrected chi connectivity index (χ2v) is 2.86. The lowest BCUT2D eigenvalue weighted by Gasteiger charge is -1.97. The average molecular weight is 170 g/mol. The van der Waals surface area contributed by atoms with Gasteiger partial charge in [-0.2, -0.15) is 5.10 Å². The Kier molecular flexibility index (Phi) is 1.69. The molecule has 2 aromatic rings. The van der Waals surface area contributed by atoms with Gasteiger partial charge in [-0.25, -0.2) is 4.68 Å². The molecule has 0 fully saturated rings. The third-order valence-corrected chi connectivity index (χ3v) is 1.95. The molecule has 3 nitrogen and oxygen atoms in total. The largest absolute Gasteiger partial charge is 0.273 e. The van der Waals surface area contributed by atoms with Crippen LogP contribution < -0.4 is 5.46 Å². The molecule has 62 valence electrons. The first-order chi connectivity index (χ1) is 6.20. The summed E-state index contributed by atoms with van der Waals surface area (Å²) in [6, 6.07) is 5.41. The van der Waals surface area contributed by atoms with Gasteiger partial charge in [0.15, 0.2) is 0 Å². The third-order valence-electron chi connectivity index (χ3n) is 1.95. The quantitative estimate of drug-likeness (QED) is 0.539. The first-order valence-corrected chi connectivity index (χ1v) is 3.93. The molecule has 1 heterocycles. The summed E-state index contributed by atoms with van der Waals surface area (Å²) in [7, 11) is 5.71. The van der Waals surface area contributed by atoms with Crippen molar-refractivity contribution in [2.24, 2.45) is 0 Å². The summed E-state index contributed by atoms with van der Waals surface area (Å²) >= 11 is 0. The fourth-order valence-electron chi connectivity index (χ4n) is 1.32. The van der Waals surface area contributed by atoms with Crippen molar-refractivity contribution in [1.29, 1.82) is 0 Å². The summed E-state index contributed by atoms with van der Waals surface area (Å²) in [6.07, 6.45) is 1.60. The van der Waals surface area contributed by atoms with Crippen molar-refractivity contribution >= 4 is 30.1 Å². The van der Waals surface area contributed by atoms with E-state index in [1.165, 1.54) is 11.6 Å². The van der Waals surface area contributed by atoms with Crippen LogP contribution in [0.2, 0.25) is 0 Å². The van der Waals surface area contributed by atoms with Gasteiger partial charge in [0.25, 0.3) is 0 Å². The van der Waals surface area contributed by atoms with Crippen LogP contribution in [0.3, 0.4) is 0 Å². The van der Waals surface area contributed by atoms with Crippen molar-refractivity contribution in [3.8, 4) is 0 Å². The molecule has 0 saturated carbocycles. The van der Waals surface area contributed by atoms with Gasteiger partial charge in [0.2, 0.25) is 5.91 Å². The summed E-state index contributed by atoms with van der Waals surface area (Å²) in [5, 5.41) is 4.76. The van der Waals surface area contributed by atoms with Crippen LogP contribution >= 0.6 is 0 Å². The fourth-order valence-corrected chi connectivity index (χ4v) is 1.32. The lowest BCUT2D eigenvalue weighted by atomic mass is 9.93. The summed E-state index contributed by atoms with van der Waals surface area (Å²) in [4.78, 5) is 11.1. The van der Waals surface area contributed by atoms with Gasteiger partial charge in [-0.05, 0) is 6.07 Å². The first kappa shape index (κ1) is 8.04. The van der Waals surface area contributed by atoms with Crippen LogP contribution in [0.25, 0.3) is 10.9 Å². The van der Waals surface area contributed by atoms with Crippen molar-refractivity contribution in [3.63, 3.8) is 0 Å². The van der Waals surface area contributed by atoms with Crippen molar-refractivity contribution in [2.75, 3.05) is 0 Å². The van der Waals surface area contributed by atoms with Crippen molar-refractivity contribution in [3.05, 3.63) is 24.4 Å². The molecule has 0 amide bonds. The normalized spacial score (nSPS) is 10.5. The average Bonchev–Trinajstić information content (AvgIpc) is 2.48. The number of hydrogen-bond donors (Lipinski definition) is 0. The Morgan fingerprint density at radius 3 is 3.00 bits per heavy atom. The molecular weight excluding hydrogens is 163 g/mol. The number of fused-ring (bicyclic) bond motifs is 1. The third kappa shape index (κ3) is 1.14. The van der Waals surface area contributed by atoms with Gasteiger partial charge in [0, 0.05) is 12.3 Å². The minimum absolute atomic E-state index is 0.111. The van der Waals surface area contributed by atoms with E-state index >= 15 is 0 Å². The summed E-state index contributed by atoms with van der Waals surface area (Å²) < 4.78 is 1.34. The maximum absolute atomic E-state index is 11.1. The number of nitrogens with zero attached hydrogens (tertiary/aromatic N) is 2. The first-order valence-electron chi connectivity index (χ1n) is 3.93. The Balaban J connectivity index is 2.83. The van der Waals surface area contributed by atoms with Crippen LogP contribution in [0.15, 0.2) is 24.4 Å². The molecule has 0 N–H and O–H groups in total. The Hall–Kier alpha value is -1.58. The van der Waals surface area contributed by atoms with E-state index < -0.39 is 0 Å². The maximum Gasteiger partial charge on any atom is 0.244 e. The number of carbonyl (C=O) groups excluding carboxylic acids is 1. The Morgan fingerprint density at radius 2 is 2.31 bits per heavy atom. The summed E-state index contributed by atoms with van der Waals surface area (Å²) in [6.45, 7) is 1.47. The number of hydrogen-bond acceptors (Lipinski definition) is 2. The molecule has 2 rings (SSSR count). The van der Waals surface area contributed by atoms with E-state index in [0.29, 0.717) is 5.46 Å². The van der Waals surface area contributed by atoms with Crippen LogP contribution in [0.4, 0.5) is 0 Å². The van der Waals surface area contributed by atoms with Gasteiger partial charge in [0.1, 0.15) is 7.85 Å². The van der Waals surface area contributed by atoms with Crippen molar-refractivity contribution in [1.82, 2.24) is 9.78 Å². The highest BCUT2D eigenvalue weighted by Gasteiger charge is 2.05. The topological polar surface area (TPSA) is 34.9 Å². The number of carbonyl (C=O) groups is 1. The van der Waals surface area contributed by atoms with E-state index in [0.717, 1.165) is 10.9 Å². The Morgan fingerprint density at radius 1 is 1.54 bits per heavy atom. The zero-order valence-electron chi connectivity index (χ0n) is 7.19. The number of rotatable bonds is 0. The fraction of sp³-hybridized carbons (Fsp3) is 0.111. The zero-order valence-corrected chi connectivity index (χ0v) is 7.19. The standard InChI is InChI=1S/C9H7BN2O/c1-6(13)12-9-4-2-3-8(10)7(9)5-11-12/h2-5H,1H3. The van der Waals surface area contributed by atoms with Crippen LogP contribution in [-0.4, -0.2) is 23.5 Å². The molecule has 1 aromatic carbocycles. The monoisotopic (exact) mass is 170 g/mol. The molecule has 4 heteroatoms. The van der Waals surface area contributed by atoms with E-state index in [4.69, 9.17) is 7.85 Å². The Bertz CT molecular complexity index is 475. The van der Waals surface area contributed by atoms with E-state index in [9.17, 15) is 4.79 Å².